The molecule has 0 spiro atoms. The third-order valence-electron chi connectivity index (χ3n) is 2.50. The predicted molar refractivity (Wildman–Crippen MR) is 71.2 cm³/mol. The van der Waals surface area contributed by atoms with E-state index < -0.39 is 5.63 Å². The van der Waals surface area contributed by atoms with Crippen LogP contribution in [0.3, 0.4) is 0 Å². The second kappa shape index (κ2) is 4.34. The van der Waals surface area contributed by atoms with Gasteiger partial charge in [0.2, 0.25) is 5.89 Å². The van der Waals surface area contributed by atoms with Crippen molar-refractivity contribution in [3.63, 3.8) is 0 Å². The van der Waals surface area contributed by atoms with Gasteiger partial charge in [0.1, 0.15) is 0 Å². The summed E-state index contributed by atoms with van der Waals surface area (Å²) in [5.41, 5.74) is 0.882. The quantitative estimate of drug-likeness (QED) is 0.693. The molecule has 0 aliphatic rings. The van der Waals surface area contributed by atoms with Gasteiger partial charge in [0, 0.05) is 16.9 Å². The van der Waals surface area contributed by atoms with Gasteiger partial charge >= 0.3 is 5.63 Å². The van der Waals surface area contributed by atoms with Crippen molar-refractivity contribution >= 4 is 26.8 Å². The van der Waals surface area contributed by atoms with E-state index in [2.05, 4.69) is 25.9 Å². The van der Waals surface area contributed by atoms with Crippen molar-refractivity contribution in [1.82, 2.24) is 9.97 Å². The number of halogens is 1. The Hall–Kier alpha value is -2.01. The van der Waals surface area contributed by atoms with Crippen molar-refractivity contribution in [3.8, 4) is 11.5 Å². The highest BCUT2D eigenvalue weighted by Crippen LogP contribution is 2.19. The van der Waals surface area contributed by atoms with Crippen molar-refractivity contribution in [2.24, 2.45) is 0 Å². The van der Waals surface area contributed by atoms with Crippen LogP contribution in [0.4, 0.5) is 0 Å². The average Bonchev–Trinajstić information content (AvgIpc) is 2.40. The number of nitrogens with zero attached hydrogens (tertiary/aromatic N) is 2. The maximum atomic E-state index is 11.9. The zero-order valence-corrected chi connectivity index (χ0v) is 10.7. The first-order chi connectivity index (χ1) is 8.74. The minimum Gasteiger partial charge on any atom is -0.403 e. The molecule has 2 aromatic heterocycles. The van der Waals surface area contributed by atoms with Gasteiger partial charge in [-0.25, -0.2) is 9.78 Å². The molecule has 0 saturated carbocycles. The standard InChI is InChI=1S/C13H7BrN2O2/c14-9-3-4-11-10(6-9)13(17)18-12(16-11)8-2-1-5-15-7-8/h1-7H. The van der Waals surface area contributed by atoms with Crippen LogP contribution >= 0.6 is 15.9 Å². The Bertz CT molecular complexity index is 769. The van der Waals surface area contributed by atoms with E-state index in [1.807, 2.05) is 6.07 Å². The molecule has 3 aromatic rings. The molecule has 0 aliphatic carbocycles. The highest BCUT2D eigenvalue weighted by molar-refractivity contribution is 9.10. The van der Waals surface area contributed by atoms with Crippen molar-refractivity contribution in [3.05, 3.63) is 57.6 Å². The van der Waals surface area contributed by atoms with Crippen LogP contribution in [-0.4, -0.2) is 9.97 Å². The number of hydrogen-bond donors (Lipinski definition) is 0. The van der Waals surface area contributed by atoms with Gasteiger partial charge in [-0.1, -0.05) is 15.9 Å². The Morgan fingerprint density at radius 2 is 2.11 bits per heavy atom. The Morgan fingerprint density at radius 3 is 2.89 bits per heavy atom. The number of hydrogen-bond acceptors (Lipinski definition) is 4. The first-order valence-electron chi connectivity index (χ1n) is 5.25. The first-order valence-corrected chi connectivity index (χ1v) is 6.04. The molecule has 18 heavy (non-hydrogen) atoms. The average molecular weight is 303 g/mol. The van der Waals surface area contributed by atoms with Crippen LogP contribution in [-0.2, 0) is 0 Å². The smallest absolute Gasteiger partial charge is 0.347 e. The van der Waals surface area contributed by atoms with Crippen LogP contribution in [0.15, 0.2) is 56.4 Å². The van der Waals surface area contributed by atoms with Gasteiger partial charge in [-0.15, -0.1) is 0 Å². The summed E-state index contributed by atoms with van der Waals surface area (Å²) in [6, 6.07) is 8.87. The number of rotatable bonds is 1. The third-order valence-corrected chi connectivity index (χ3v) is 2.99. The van der Waals surface area contributed by atoms with Gasteiger partial charge < -0.3 is 4.42 Å². The molecule has 0 bridgehead atoms. The van der Waals surface area contributed by atoms with Crippen LogP contribution in [0, 0.1) is 0 Å². The van der Waals surface area contributed by atoms with Gasteiger partial charge in [-0.2, -0.15) is 0 Å². The summed E-state index contributed by atoms with van der Waals surface area (Å²) in [6.45, 7) is 0. The molecule has 0 amide bonds. The van der Waals surface area contributed by atoms with Crippen molar-refractivity contribution in [1.29, 1.82) is 0 Å². The number of benzene rings is 1. The van der Waals surface area contributed by atoms with Crippen molar-refractivity contribution in [2.45, 2.75) is 0 Å². The summed E-state index contributed by atoms with van der Waals surface area (Å²) in [5.74, 6) is 0.280. The summed E-state index contributed by atoms with van der Waals surface area (Å²) >= 11 is 3.31. The van der Waals surface area contributed by atoms with E-state index in [1.54, 1.807) is 36.7 Å². The second-order valence-electron chi connectivity index (χ2n) is 3.71. The predicted octanol–water partition coefficient (Wildman–Crippen LogP) is 3.01. The lowest BCUT2D eigenvalue weighted by molar-refractivity contribution is 0.518. The molecule has 0 fully saturated rings. The second-order valence-corrected chi connectivity index (χ2v) is 4.63. The lowest BCUT2D eigenvalue weighted by atomic mass is 10.2. The molecule has 1 aromatic carbocycles. The molecule has 0 unspecified atom stereocenters. The summed E-state index contributed by atoms with van der Waals surface area (Å²) in [4.78, 5) is 20.2. The molecule has 2 heterocycles. The topological polar surface area (TPSA) is 56.0 Å². The number of fused-ring (bicyclic) bond motifs is 1. The molecule has 0 N–H and O–H groups in total. The SMILES string of the molecule is O=c1oc(-c2cccnc2)nc2ccc(Br)cc12. The lowest BCUT2D eigenvalue weighted by Gasteiger charge is -2.01. The van der Waals surface area contributed by atoms with E-state index in [1.165, 1.54) is 0 Å². The fraction of sp³-hybridized carbons (Fsp3) is 0. The van der Waals surface area contributed by atoms with Gasteiger partial charge in [-0.05, 0) is 30.3 Å². The monoisotopic (exact) mass is 302 g/mol. The van der Waals surface area contributed by atoms with Gasteiger partial charge in [-0.3, -0.25) is 4.98 Å². The van der Waals surface area contributed by atoms with E-state index in [0.29, 0.717) is 16.5 Å². The van der Waals surface area contributed by atoms with Gasteiger partial charge in [0.15, 0.2) is 0 Å². The Balaban J connectivity index is 2.29. The maximum Gasteiger partial charge on any atom is 0.347 e. The summed E-state index contributed by atoms with van der Waals surface area (Å²) in [5, 5.41) is 0.456. The molecule has 4 nitrogen and oxygen atoms in total. The molecule has 3 rings (SSSR count). The van der Waals surface area contributed by atoms with E-state index in [0.717, 1.165) is 4.47 Å². The zero-order chi connectivity index (χ0) is 12.5. The minimum atomic E-state index is -0.403. The highest BCUT2D eigenvalue weighted by atomic mass is 79.9. The van der Waals surface area contributed by atoms with Crippen LogP contribution in [0.2, 0.25) is 0 Å². The molecular weight excluding hydrogens is 296 g/mol. The summed E-state index contributed by atoms with van der Waals surface area (Å²) < 4.78 is 6.02. The molecule has 0 aliphatic heterocycles. The largest absolute Gasteiger partial charge is 0.403 e. The molecular formula is C13H7BrN2O2. The van der Waals surface area contributed by atoms with E-state index in [9.17, 15) is 4.79 Å². The number of pyridine rings is 1. The Labute approximate surface area is 110 Å². The zero-order valence-electron chi connectivity index (χ0n) is 9.13. The van der Waals surface area contributed by atoms with Gasteiger partial charge in [0.05, 0.1) is 16.5 Å². The van der Waals surface area contributed by atoms with Crippen LogP contribution < -0.4 is 5.63 Å². The molecule has 5 heteroatoms. The maximum absolute atomic E-state index is 11.9. The van der Waals surface area contributed by atoms with Gasteiger partial charge in [0.25, 0.3) is 0 Å². The van der Waals surface area contributed by atoms with Crippen LogP contribution in [0.1, 0.15) is 0 Å². The highest BCUT2D eigenvalue weighted by Gasteiger charge is 2.08. The van der Waals surface area contributed by atoms with E-state index in [-0.39, 0.29) is 5.89 Å². The molecule has 0 atom stereocenters. The minimum absolute atomic E-state index is 0.280. The molecule has 0 radical (unpaired) electrons. The van der Waals surface area contributed by atoms with Crippen LogP contribution in [0.25, 0.3) is 22.4 Å². The lowest BCUT2D eigenvalue weighted by Crippen LogP contribution is -2.02. The fourth-order valence-electron chi connectivity index (χ4n) is 1.66. The first kappa shape index (κ1) is 11.1. The molecule has 88 valence electrons. The van der Waals surface area contributed by atoms with E-state index in [4.69, 9.17) is 4.42 Å². The molecule has 0 saturated heterocycles. The normalized spacial score (nSPS) is 10.7. The fourth-order valence-corrected chi connectivity index (χ4v) is 2.02. The van der Waals surface area contributed by atoms with Crippen molar-refractivity contribution < 1.29 is 4.42 Å². The van der Waals surface area contributed by atoms with E-state index >= 15 is 0 Å². The summed E-state index contributed by atoms with van der Waals surface area (Å²) in [6.07, 6.45) is 3.26. The summed E-state index contributed by atoms with van der Waals surface area (Å²) in [7, 11) is 0. The number of aromatic nitrogens is 2. The Kier molecular flexibility index (Phi) is 2.68. The Morgan fingerprint density at radius 1 is 1.22 bits per heavy atom. The van der Waals surface area contributed by atoms with Crippen LogP contribution in [0.5, 0.6) is 0 Å². The van der Waals surface area contributed by atoms with Crippen molar-refractivity contribution in [2.75, 3.05) is 0 Å². The third kappa shape index (κ3) is 1.93.